The van der Waals surface area contributed by atoms with E-state index >= 15 is 0 Å². The summed E-state index contributed by atoms with van der Waals surface area (Å²) < 4.78 is 48.8. The van der Waals surface area contributed by atoms with Crippen LogP contribution in [-0.4, -0.2) is 61.0 Å². The van der Waals surface area contributed by atoms with Crippen LogP contribution in [0.1, 0.15) is 35.6 Å². The average molecular weight is 584 g/mol. The van der Waals surface area contributed by atoms with Crippen LogP contribution in [0.5, 0.6) is 0 Å². The normalized spacial score (nSPS) is 16.5. The highest BCUT2D eigenvalue weighted by molar-refractivity contribution is 5.80. The Hall–Kier alpha value is -4.35. The molecular weight excluding hydrogens is 551 g/mol. The molecule has 1 atom stereocenters. The Morgan fingerprint density at radius 2 is 1.81 bits per heavy atom. The molecule has 0 radical (unpaired) electrons. The molecule has 1 amide bonds. The van der Waals surface area contributed by atoms with Crippen molar-refractivity contribution in [1.29, 1.82) is 0 Å². The number of aromatic nitrogens is 2. The molecule has 2 aliphatic rings. The maximum atomic E-state index is 14.4. The summed E-state index contributed by atoms with van der Waals surface area (Å²) in [4.78, 5) is 41.2. The zero-order valence-electron chi connectivity index (χ0n) is 23.8. The van der Waals surface area contributed by atoms with E-state index in [9.17, 15) is 27.6 Å². The van der Waals surface area contributed by atoms with Crippen molar-refractivity contribution in [3.63, 3.8) is 0 Å². The first-order valence-electron chi connectivity index (χ1n) is 13.7. The van der Waals surface area contributed by atoms with Crippen LogP contribution in [0.2, 0.25) is 0 Å². The van der Waals surface area contributed by atoms with Gasteiger partial charge >= 0.3 is 12.1 Å². The molecule has 3 heterocycles. The number of esters is 1. The van der Waals surface area contributed by atoms with E-state index in [1.54, 1.807) is 4.90 Å². The highest BCUT2D eigenvalue weighted by Crippen LogP contribution is 2.38. The summed E-state index contributed by atoms with van der Waals surface area (Å²) in [6.45, 7) is 6.26. The number of nitrogens with zero attached hydrogens (tertiary/aromatic N) is 4. The molecule has 3 aromatic rings. The summed E-state index contributed by atoms with van der Waals surface area (Å²) >= 11 is 0. The quantitative estimate of drug-likeness (QED) is 0.441. The van der Waals surface area contributed by atoms with E-state index in [1.807, 2.05) is 36.9 Å². The summed E-state index contributed by atoms with van der Waals surface area (Å²) in [5.41, 5.74) is 1.93. The SMILES string of the molecule is COC(=O)CN1CCc2c(-c3cc(C)cc(C)c3)nn(-c3cc(N4CCC(NC(C)=O)C4)ccc3C(F)(F)F)c(=O)c21. The van der Waals surface area contributed by atoms with Crippen molar-refractivity contribution in [3.8, 4) is 16.9 Å². The number of halogens is 3. The van der Waals surface area contributed by atoms with E-state index in [4.69, 9.17) is 4.74 Å². The Kier molecular flexibility index (Phi) is 7.74. The Bertz CT molecular complexity index is 1600. The lowest BCUT2D eigenvalue weighted by Crippen LogP contribution is -2.36. The molecule has 2 aliphatic heterocycles. The van der Waals surface area contributed by atoms with Crippen LogP contribution >= 0.6 is 0 Å². The summed E-state index contributed by atoms with van der Waals surface area (Å²) in [6.07, 6.45) is -3.75. The number of benzene rings is 2. The van der Waals surface area contributed by atoms with Gasteiger partial charge < -0.3 is 19.9 Å². The van der Waals surface area contributed by atoms with E-state index in [0.717, 1.165) is 21.9 Å². The van der Waals surface area contributed by atoms with E-state index < -0.39 is 29.0 Å². The van der Waals surface area contributed by atoms with Gasteiger partial charge in [-0.1, -0.05) is 17.2 Å². The third kappa shape index (κ3) is 5.70. The lowest BCUT2D eigenvalue weighted by atomic mass is 10.0. The van der Waals surface area contributed by atoms with Gasteiger partial charge in [-0.3, -0.25) is 14.4 Å². The van der Waals surface area contributed by atoms with Gasteiger partial charge in [-0.25, -0.2) is 0 Å². The van der Waals surface area contributed by atoms with Gasteiger partial charge in [0, 0.05) is 49.4 Å². The number of hydrogen-bond acceptors (Lipinski definition) is 7. The molecule has 1 saturated heterocycles. The molecule has 1 unspecified atom stereocenters. The van der Waals surface area contributed by atoms with Gasteiger partial charge in [-0.15, -0.1) is 0 Å². The Morgan fingerprint density at radius 3 is 2.45 bits per heavy atom. The first-order valence-corrected chi connectivity index (χ1v) is 13.7. The molecule has 0 bridgehead atoms. The minimum absolute atomic E-state index is 0.134. The van der Waals surface area contributed by atoms with Gasteiger partial charge in [0.15, 0.2) is 0 Å². The molecule has 5 rings (SSSR count). The third-order valence-electron chi connectivity index (χ3n) is 7.63. The van der Waals surface area contributed by atoms with Gasteiger partial charge in [0.05, 0.1) is 24.1 Å². The molecule has 2 aromatic carbocycles. The molecule has 9 nitrogen and oxygen atoms in total. The van der Waals surface area contributed by atoms with Crippen molar-refractivity contribution in [3.05, 3.63) is 69.0 Å². The Balaban J connectivity index is 1.72. The van der Waals surface area contributed by atoms with Gasteiger partial charge in [0.2, 0.25) is 5.91 Å². The number of nitrogens with one attached hydrogen (secondary N) is 1. The zero-order valence-corrected chi connectivity index (χ0v) is 23.8. The fraction of sp³-hybridized carbons (Fsp3) is 0.400. The Morgan fingerprint density at radius 1 is 1.10 bits per heavy atom. The monoisotopic (exact) mass is 583 g/mol. The standard InChI is InChI=1S/C30H32F3N5O4/c1-17-11-18(2)13-20(12-17)27-23-8-10-37(16-26(40)42-4)28(23)29(41)38(35-27)25-14-22(5-6-24(25)30(31,32)33)36-9-7-21(15-36)34-19(3)39/h5-6,11-14,21H,7-10,15-16H2,1-4H3,(H,34,39). The van der Waals surface area contributed by atoms with Crippen molar-refractivity contribution in [2.45, 2.75) is 45.8 Å². The van der Waals surface area contributed by atoms with E-state index in [1.165, 1.54) is 26.2 Å². The number of methoxy groups -OCH3 is 1. The summed E-state index contributed by atoms with van der Waals surface area (Å²) in [5.74, 6) is -0.751. The molecular formula is C30H32F3N5O4. The predicted octanol–water partition coefficient (Wildman–Crippen LogP) is 3.79. The third-order valence-corrected chi connectivity index (χ3v) is 7.63. The topological polar surface area (TPSA) is 96.8 Å². The molecule has 1 fully saturated rings. The van der Waals surface area contributed by atoms with Crippen LogP contribution in [0.25, 0.3) is 16.9 Å². The molecule has 1 N–H and O–H groups in total. The first kappa shape index (κ1) is 29.2. The number of alkyl halides is 3. The second kappa shape index (κ2) is 11.1. The van der Waals surface area contributed by atoms with Crippen LogP contribution < -0.4 is 20.7 Å². The van der Waals surface area contributed by atoms with Gasteiger partial charge in [0.1, 0.15) is 12.2 Å². The number of rotatable bonds is 6. The van der Waals surface area contributed by atoms with Crippen LogP contribution in [0.15, 0.2) is 41.2 Å². The molecule has 42 heavy (non-hydrogen) atoms. The largest absolute Gasteiger partial charge is 0.468 e. The number of carbonyl (C=O) groups is 2. The molecule has 222 valence electrons. The Labute approximate surface area is 240 Å². The smallest absolute Gasteiger partial charge is 0.418 e. The summed E-state index contributed by atoms with van der Waals surface area (Å²) in [5, 5.41) is 7.43. The fourth-order valence-corrected chi connectivity index (χ4v) is 5.89. The number of fused-ring (bicyclic) bond motifs is 1. The maximum Gasteiger partial charge on any atom is 0.418 e. The average Bonchev–Trinajstić information content (AvgIpc) is 3.55. The highest BCUT2D eigenvalue weighted by Gasteiger charge is 2.37. The summed E-state index contributed by atoms with van der Waals surface area (Å²) in [6, 6.07) is 9.23. The minimum atomic E-state index is -4.77. The van der Waals surface area contributed by atoms with Gasteiger partial charge in [-0.05, 0) is 57.0 Å². The number of amides is 1. The lowest BCUT2D eigenvalue weighted by Gasteiger charge is -2.23. The number of ether oxygens (including phenoxy) is 1. The minimum Gasteiger partial charge on any atom is -0.468 e. The fourth-order valence-electron chi connectivity index (χ4n) is 5.89. The number of hydrogen-bond donors (Lipinski definition) is 1. The van der Waals surface area contributed by atoms with Crippen molar-refractivity contribution in [2.24, 2.45) is 0 Å². The van der Waals surface area contributed by atoms with Gasteiger partial charge in [-0.2, -0.15) is 23.0 Å². The first-order chi connectivity index (χ1) is 19.8. The number of carbonyl (C=O) groups excluding carboxylic acids is 2. The zero-order chi connectivity index (χ0) is 30.3. The molecule has 1 aromatic heterocycles. The van der Waals surface area contributed by atoms with Gasteiger partial charge in [0.25, 0.3) is 5.56 Å². The van der Waals surface area contributed by atoms with E-state index in [0.29, 0.717) is 55.0 Å². The maximum absolute atomic E-state index is 14.4. The van der Waals surface area contributed by atoms with E-state index in [2.05, 4.69) is 10.4 Å². The lowest BCUT2D eigenvalue weighted by molar-refractivity contribution is -0.139. The summed E-state index contributed by atoms with van der Waals surface area (Å²) in [7, 11) is 1.24. The van der Waals surface area contributed by atoms with Crippen molar-refractivity contribution in [2.75, 3.05) is 43.1 Å². The molecule has 0 aliphatic carbocycles. The second-order valence-electron chi connectivity index (χ2n) is 10.8. The number of anilines is 2. The highest BCUT2D eigenvalue weighted by atomic mass is 19.4. The predicted molar refractivity (Wildman–Crippen MR) is 152 cm³/mol. The van der Waals surface area contributed by atoms with Crippen LogP contribution in [0.4, 0.5) is 24.5 Å². The van der Waals surface area contributed by atoms with Crippen molar-refractivity contribution >= 4 is 23.3 Å². The molecule has 0 spiro atoms. The van der Waals surface area contributed by atoms with Crippen molar-refractivity contribution < 1.29 is 27.5 Å². The van der Waals surface area contributed by atoms with Crippen LogP contribution in [0, 0.1) is 13.8 Å². The van der Waals surface area contributed by atoms with Crippen LogP contribution in [-0.2, 0) is 26.9 Å². The van der Waals surface area contributed by atoms with E-state index in [-0.39, 0.29) is 24.2 Å². The molecule has 0 saturated carbocycles. The van der Waals surface area contributed by atoms with Crippen molar-refractivity contribution in [1.82, 2.24) is 15.1 Å². The van der Waals surface area contributed by atoms with Crippen LogP contribution in [0.3, 0.4) is 0 Å². The number of aryl methyl sites for hydroxylation is 2. The second-order valence-corrected chi connectivity index (χ2v) is 10.8. The molecule has 12 heteroatoms.